The fourth-order valence-corrected chi connectivity index (χ4v) is 6.11. The Hall–Kier alpha value is -2.38. The highest BCUT2D eigenvalue weighted by atomic mass is 35.5. The Morgan fingerprint density at radius 1 is 0.806 bits per heavy atom. The minimum atomic E-state index is -0.543. The summed E-state index contributed by atoms with van der Waals surface area (Å²) in [4.78, 5) is 51.0. The van der Waals surface area contributed by atoms with Gasteiger partial charge in [0.25, 0.3) is 0 Å². The average molecular weight is 555 g/mol. The summed E-state index contributed by atoms with van der Waals surface area (Å²) in [7, 11) is 0. The van der Waals surface area contributed by atoms with E-state index in [4.69, 9.17) is 16.3 Å². The summed E-state index contributed by atoms with van der Waals surface area (Å²) in [6, 6.07) is 0. The third-order valence-electron chi connectivity index (χ3n) is 5.62. The van der Waals surface area contributed by atoms with E-state index in [0.717, 1.165) is 48.9 Å². The number of thiazole rings is 2. The highest BCUT2D eigenvalue weighted by Gasteiger charge is 2.27. The number of carbonyl (C=O) groups is 3. The van der Waals surface area contributed by atoms with Gasteiger partial charge in [-0.3, -0.25) is 19.4 Å². The molecule has 3 aromatic rings. The first kappa shape index (κ1) is 28.2. The predicted octanol–water partition coefficient (Wildman–Crippen LogP) is 4.30. The van der Waals surface area contributed by atoms with Gasteiger partial charge in [0.15, 0.2) is 10.3 Å². The Labute approximate surface area is 223 Å². The van der Waals surface area contributed by atoms with Crippen LogP contribution in [0.15, 0.2) is 0 Å². The normalized spacial score (nSPS) is 11.6. The number of rotatable bonds is 12. The number of anilines is 2. The number of halogens is 1. The molecule has 2 heterocycles. The molecule has 0 spiro atoms. The maximum Gasteiger partial charge on any atom is 0.341 e. The van der Waals surface area contributed by atoms with E-state index in [9.17, 15) is 14.4 Å². The lowest BCUT2D eigenvalue weighted by molar-refractivity contribution is -0.118. The van der Waals surface area contributed by atoms with Crippen LogP contribution in [0.3, 0.4) is 0 Å². The molecule has 3 rings (SSSR count). The average Bonchev–Trinajstić information content (AvgIpc) is 3.45. The van der Waals surface area contributed by atoms with E-state index in [1.54, 1.807) is 6.92 Å². The topological polar surface area (TPSA) is 117 Å². The van der Waals surface area contributed by atoms with Gasteiger partial charge in [-0.1, -0.05) is 62.0 Å². The Balaban J connectivity index is 2.01. The van der Waals surface area contributed by atoms with E-state index < -0.39 is 5.97 Å². The Morgan fingerprint density at radius 3 is 1.58 bits per heavy atom. The number of hydrogen-bond donors (Lipinski definition) is 2. The summed E-state index contributed by atoms with van der Waals surface area (Å²) in [5.41, 5.74) is 0.970. The van der Waals surface area contributed by atoms with Gasteiger partial charge < -0.3 is 15.4 Å². The van der Waals surface area contributed by atoms with Crippen LogP contribution in [0.4, 0.5) is 10.3 Å². The van der Waals surface area contributed by atoms with Crippen molar-refractivity contribution in [1.82, 2.24) is 19.8 Å². The largest absolute Gasteiger partial charge is 0.462 e. The molecule has 0 saturated carbocycles. The minimum absolute atomic E-state index is 0.184. The van der Waals surface area contributed by atoms with Gasteiger partial charge >= 0.3 is 5.97 Å². The van der Waals surface area contributed by atoms with Crippen LogP contribution >= 0.6 is 34.3 Å². The molecule has 0 aliphatic heterocycles. The Kier molecular flexibility index (Phi) is 9.97. The number of benzene rings is 1. The molecule has 0 atom stereocenters. The molecule has 0 fully saturated rings. The maximum atomic E-state index is 13.0. The number of aromatic nitrogens is 2. The van der Waals surface area contributed by atoms with Crippen molar-refractivity contribution in [3.8, 4) is 0 Å². The van der Waals surface area contributed by atoms with E-state index in [1.807, 2.05) is 37.5 Å². The SMILES string of the molecule is CCOC(=O)c1c2sc(NC(=O)CN(CC)CC)nc2c(Cl)c2nc(NC(=O)CN(CC)CC)sc12. The van der Waals surface area contributed by atoms with E-state index in [1.165, 1.54) is 0 Å². The van der Waals surface area contributed by atoms with E-state index in [0.29, 0.717) is 30.7 Å². The quantitative estimate of drug-likeness (QED) is 0.318. The summed E-state index contributed by atoms with van der Waals surface area (Å²) >= 11 is 8.99. The number of hydrogen-bond acceptors (Lipinski definition) is 10. The van der Waals surface area contributed by atoms with Gasteiger partial charge in [0, 0.05) is 0 Å². The molecule has 13 heteroatoms. The molecule has 0 radical (unpaired) electrons. The third kappa shape index (κ3) is 6.30. The van der Waals surface area contributed by atoms with Crippen LogP contribution in [0.2, 0.25) is 5.02 Å². The smallest absolute Gasteiger partial charge is 0.341 e. The lowest BCUT2D eigenvalue weighted by Gasteiger charge is -2.16. The van der Waals surface area contributed by atoms with Crippen LogP contribution in [0.1, 0.15) is 45.0 Å². The fourth-order valence-electron chi connectivity index (χ4n) is 3.61. The summed E-state index contributed by atoms with van der Waals surface area (Å²) in [6.45, 7) is 13.3. The first-order valence-corrected chi connectivity index (χ1v) is 13.9. The van der Waals surface area contributed by atoms with Crippen molar-refractivity contribution in [3.63, 3.8) is 0 Å². The van der Waals surface area contributed by atoms with Gasteiger partial charge in [-0.2, -0.15) is 0 Å². The lowest BCUT2D eigenvalue weighted by atomic mass is 10.2. The van der Waals surface area contributed by atoms with Crippen molar-refractivity contribution >= 4 is 82.8 Å². The highest BCUT2D eigenvalue weighted by molar-refractivity contribution is 7.25. The molecule has 10 nitrogen and oxygen atoms in total. The van der Waals surface area contributed by atoms with E-state index >= 15 is 0 Å². The van der Waals surface area contributed by atoms with Gasteiger partial charge in [-0.25, -0.2) is 14.8 Å². The molecular weight excluding hydrogens is 524 g/mol. The zero-order valence-corrected chi connectivity index (χ0v) is 23.5. The fraction of sp³-hybridized carbons (Fsp3) is 0.522. The second-order valence-corrected chi connectivity index (χ2v) is 10.2. The lowest BCUT2D eigenvalue weighted by Crippen LogP contribution is -2.32. The van der Waals surface area contributed by atoms with Crippen molar-refractivity contribution in [1.29, 1.82) is 0 Å². The van der Waals surface area contributed by atoms with Crippen LogP contribution in [-0.4, -0.2) is 83.4 Å². The van der Waals surface area contributed by atoms with Crippen molar-refractivity contribution in [2.24, 2.45) is 0 Å². The van der Waals surface area contributed by atoms with Crippen LogP contribution in [-0.2, 0) is 14.3 Å². The molecule has 0 aliphatic carbocycles. The van der Waals surface area contributed by atoms with Crippen LogP contribution in [0.5, 0.6) is 0 Å². The summed E-state index contributed by atoms with van der Waals surface area (Å²) < 4.78 is 6.30. The van der Waals surface area contributed by atoms with E-state index in [2.05, 4.69) is 20.6 Å². The van der Waals surface area contributed by atoms with Gasteiger partial charge in [-0.15, -0.1) is 0 Å². The predicted molar refractivity (Wildman–Crippen MR) is 147 cm³/mol. The first-order chi connectivity index (χ1) is 17.3. The zero-order chi connectivity index (χ0) is 26.4. The maximum absolute atomic E-state index is 13.0. The van der Waals surface area contributed by atoms with E-state index in [-0.39, 0.29) is 42.1 Å². The van der Waals surface area contributed by atoms with Gasteiger partial charge in [-0.05, 0) is 33.1 Å². The number of amides is 2. The molecule has 2 N–H and O–H groups in total. The number of nitrogens with zero attached hydrogens (tertiary/aromatic N) is 4. The summed E-state index contributed by atoms with van der Waals surface area (Å²) in [5.74, 6) is -0.951. The molecule has 2 aromatic heterocycles. The van der Waals surface area contributed by atoms with Crippen molar-refractivity contribution < 1.29 is 19.1 Å². The monoisotopic (exact) mass is 554 g/mol. The standard InChI is InChI=1S/C23H31ClN6O4S2/c1-6-29(7-2)11-13(31)25-22-27-17-16(24)18-20(15(19(17)35-22)21(33)34-10-5)36-23(28-18)26-14(32)12-30(8-3)9-4/h6-12H2,1-5H3,(H,25,27,31)(H,26,28,32). The zero-order valence-electron chi connectivity index (χ0n) is 21.1. The number of carbonyl (C=O) groups excluding carboxylic acids is 3. The number of esters is 1. The summed E-state index contributed by atoms with van der Waals surface area (Å²) in [6.07, 6.45) is 0. The Bertz CT molecular complexity index is 1170. The molecular formula is C23H31ClN6O4S2. The van der Waals surface area contributed by atoms with Crippen LogP contribution < -0.4 is 10.6 Å². The van der Waals surface area contributed by atoms with Crippen LogP contribution in [0.25, 0.3) is 20.4 Å². The third-order valence-corrected chi connectivity index (χ3v) is 7.95. The van der Waals surface area contributed by atoms with Gasteiger partial charge in [0.1, 0.15) is 11.0 Å². The molecule has 0 bridgehead atoms. The molecule has 0 aliphatic rings. The minimum Gasteiger partial charge on any atom is -0.462 e. The molecule has 0 saturated heterocycles. The molecule has 196 valence electrons. The number of fused-ring (bicyclic) bond motifs is 2. The van der Waals surface area contributed by atoms with Crippen molar-refractivity contribution in [2.75, 3.05) is 56.5 Å². The Morgan fingerprint density at radius 2 is 1.22 bits per heavy atom. The second kappa shape index (κ2) is 12.7. The number of ether oxygens (including phenoxy) is 1. The first-order valence-electron chi connectivity index (χ1n) is 11.9. The second-order valence-electron chi connectivity index (χ2n) is 7.82. The molecule has 2 amide bonds. The van der Waals surface area contributed by atoms with Crippen molar-refractivity contribution in [2.45, 2.75) is 34.6 Å². The number of likely N-dealkylation sites (N-methyl/N-ethyl adjacent to an activating group) is 2. The number of nitrogens with one attached hydrogen (secondary N) is 2. The highest BCUT2D eigenvalue weighted by Crippen LogP contribution is 2.43. The molecule has 1 aromatic carbocycles. The van der Waals surface area contributed by atoms with Gasteiger partial charge in [0.05, 0.1) is 39.7 Å². The summed E-state index contributed by atoms with van der Waals surface area (Å²) in [5, 5.41) is 6.52. The van der Waals surface area contributed by atoms with Crippen molar-refractivity contribution in [3.05, 3.63) is 10.6 Å². The molecule has 36 heavy (non-hydrogen) atoms. The van der Waals surface area contributed by atoms with Crippen LogP contribution in [0, 0.1) is 0 Å². The van der Waals surface area contributed by atoms with Gasteiger partial charge in [0.2, 0.25) is 11.8 Å². The molecule has 0 unspecified atom stereocenters.